The van der Waals surface area contributed by atoms with E-state index < -0.39 is 17.5 Å². The van der Waals surface area contributed by atoms with Crippen molar-refractivity contribution in [2.75, 3.05) is 12.4 Å². The first-order valence-electron chi connectivity index (χ1n) is 6.13. The summed E-state index contributed by atoms with van der Waals surface area (Å²) in [5.74, 6) is -3.44. The summed E-state index contributed by atoms with van der Waals surface area (Å²) in [4.78, 5) is 8.09. The summed E-state index contributed by atoms with van der Waals surface area (Å²) < 4.78 is 40.3. The van der Waals surface area contributed by atoms with Crippen LogP contribution in [0.3, 0.4) is 0 Å². The van der Waals surface area contributed by atoms with E-state index in [2.05, 4.69) is 15.3 Å². The van der Waals surface area contributed by atoms with E-state index in [-0.39, 0.29) is 17.2 Å². The molecule has 0 unspecified atom stereocenters. The van der Waals surface area contributed by atoms with Crippen molar-refractivity contribution in [3.8, 4) is 11.3 Å². The van der Waals surface area contributed by atoms with E-state index in [1.807, 2.05) is 13.8 Å². The van der Waals surface area contributed by atoms with Crippen molar-refractivity contribution < 1.29 is 13.2 Å². The zero-order chi connectivity index (χ0) is 14.9. The average molecular weight is 281 g/mol. The van der Waals surface area contributed by atoms with Crippen LogP contribution in [0.25, 0.3) is 11.3 Å². The van der Waals surface area contributed by atoms with E-state index in [1.165, 1.54) is 12.4 Å². The number of halogens is 3. The predicted molar refractivity (Wildman–Crippen MR) is 71.0 cm³/mol. The second kappa shape index (κ2) is 5.48. The summed E-state index contributed by atoms with van der Waals surface area (Å²) in [5, 5.41) is 2.89. The predicted octanol–water partition coefficient (Wildman–Crippen LogP) is 3.73. The fourth-order valence-corrected chi connectivity index (χ4v) is 2.07. The molecule has 20 heavy (non-hydrogen) atoms. The molecule has 0 aliphatic carbocycles. The van der Waals surface area contributed by atoms with Gasteiger partial charge in [0, 0.05) is 18.2 Å². The van der Waals surface area contributed by atoms with Gasteiger partial charge in [0.1, 0.15) is 12.1 Å². The normalized spacial score (nSPS) is 10.9. The molecule has 0 amide bonds. The Balaban J connectivity index is 2.73. The first-order valence-corrected chi connectivity index (χ1v) is 6.13. The van der Waals surface area contributed by atoms with Crippen LogP contribution in [-0.4, -0.2) is 17.0 Å². The molecule has 0 saturated carbocycles. The lowest BCUT2D eigenvalue weighted by atomic mass is 9.97. The third-order valence-electron chi connectivity index (χ3n) is 2.99. The molecule has 0 spiro atoms. The first kappa shape index (κ1) is 14.3. The lowest BCUT2D eigenvalue weighted by Gasteiger charge is -2.16. The maximum absolute atomic E-state index is 13.9. The molecular formula is C14H14F3N3. The fraction of sp³-hybridized carbons (Fsp3) is 0.286. The molecule has 0 aliphatic rings. The molecule has 0 fully saturated rings. The SMILES string of the molecule is CNc1ncnc(-c2ccc(F)c(F)c2F)c1C(C)C. The first-order chi connectivity index (χ1) is 9.47. The number of aromatic nitrogens is 2. The van der Waals surface area contributed by atoms with Crippen LogP contribution >= 0.6 is 0 Å². The summed E-state index contributed by atoms with van der Waals surface area (Å²) in [6.07, 6.45) is 1.26. The molecule has 2 aromatic rings. The van der Waals surface area contributed by atoms with Crippen LogP contribution in [0.2, 0.25) is 0 Å². The third kappa shape index (κ3) is 2.33. The highest BCUT2D eigenvalue weighted by atomic mass is 19.2. The molecule has 0 aliphatic heterocycles. The molecule has 1 N–H and O–H groups in total. The number of hydrogen-bond acceptors (Lipinski definition) is 3. The standard InChI is InChI=1S/C14H14F3N3/c1-7(2)10-13(19-6-20-14(10)18-3)8-4-5-9(15)12(17)11(8)16/h4-7H,1-3H3,(H,18,19,20). The molecule has 1 aromatic carbocycles. The zero-order valence-corrected chi connectivity index (χ0v) is 11.3. The maximum Gasteiger partial charge on any atom is 0.195 e. The van der Waals surface area contributed by atoms with E-state index in [0.717, 1.165) is 6.07 Å². The monoisotopic (exact) mass is 281 g/mol. The van der Waals surface area contributed by atoms with Gasteiger partial charge in [0.15, 0.2) is 17.5 Å². The zero-order valence-electron chi connectivity index (χ0n) is 11.3. The molecule has 0 bridgehead atoms. The van der Waals surface area contributed by atoms with Gasteiger partial charge in [0.05, 0.1) is 5.69 Å². The molecule has 0 radical (unpaired) electrons. The van der Waals surface area contributed by atoms with E-state index in [0.29, 0.717) is 11.4 Å². The highest BCUT2D eigenvalue weighted by molar-refractivity contribution is 5.69. The minimum absolute atomic E-state index is 0.0128. The summed E-state index contributed by atoms with van der Waals surface area (Å²) in [6.45, 7) is 3.78. The fourth-order valence-electron chi connectivity index (χ4n) is 2.07. The van der Waals surface area contributed by atoms with Crippen LogP contribution in [0.4, 0.5) is 19.0 Å². The Bertz CT molecular complexity index is 642. The highest BCUT2D eigenvalue weighted by Crippen LogP contribution is 2.33. The van der Waals surface area contributed by atoms with Gasteiger partial charge in [-0.1, -0.05) is 13.8 Å². The molecule has 106 valence electrons. The van der Waals surface area contributed by atoms with E-state index in [4.69, 9.17) is 0 Å². The topological polar surface area (TPSA) is 37.8 Å². The van der Waals surface area contributed by atoms with Gasteiger partial charge in [0.2, 0.25) is 0 Å². The van der Waals surface area contributed by atoms with Gasteiger partial charge >= 0.3 is 0 Å². The van der Waals surface area contributed by atoms with Crippen molar-refractivity contribution in [2.24, 2.45) is 0 Å². The van der Waals surface area contributed by atoms with Gasteiger partial charge in [-0.15, -0.1) is 0 Å². The molecular weight excluding hydrogens is 267 g/mol. The van der Waals surface area contributed by atoms with E-state index >= 15 is 0 Å². The smallest absolute Gasteiger partial charge is 0.195 e. The van der Waals surface area contributed by atoms with Gasteiger partial charge < -0.3 is 5.32 Å². The van der Waals surface area contributed by atoms with Crippen molar-refractivity contribution in [1.82, 2.24) is 9.97 Å². The van der Waals surface area contributed by atoms with Crippen LogP contribution in [-0.2, 0) is 0 Å². The number of hydrogen-bond donors (Lipinski definition) is 1. The Labute approximate surface area is 114 Å². The molecule has 0 saturated heterocycles. The molecule has 1 heterocycles. The second-order valence-electron chi connectivity index (χ2n) is 4.61. The lowest BCUT2D eigenvalue weighted by Crippen LogP contribution is -2.06. The minimum atomic E-state index is -1.50. The number of nitrogens with one attached hydrogen (secondary N) is 1. The van der Waals surface area contributed by atoms with Crippen molar-refractivity contribution in [1.29, 1.82) is 0 Å². The van der Waals surface area contributed by atoms with E-state index in [9.17, 15) is 13.2 Å². The molecule has 0 atom stereocenters. The van der Waals surface area contributed by atoms with Crippen LogP contribution in [0.5, 0.6) is 0 Å². The number of rotatable bonds is 3. The van der Waals surface area contributed by atoms with Crippen LogP contribution < -0.4 is 5.32 Å². The number of nitrogens with zero attached hydrogens (tertiary/aromatic N) is 2. The molecule has 2 rings (SSSR count). The van der Waals surface area contributed by atoms with Gasteiger partial charge in [-0.25, -0.2) is 23.1 Å². The quantitative estimate of drug-likeness (QED) is 0.871. The Hall–Kier alpha value is -2.11. The Morgan fingerprint density at radius 2 is 1.75 bits per heavy atom. The molecule has 1 aromatic heterocycles. The van der Waals surface area contributed by atoms with Crippen LogP contribution in [0, 0.1) is 17.5 Å². The second-order valence-corrected chi connectivity index (χ2v) is 4.61. The Kier molecular flexibility index (Phi) is 3.92. The Morgan fingerprint density at radius 1 is 1.05 bits per heavy atom. The van der Waals surface area contributed by atoms with Gasteiger partial charge in [0.25, 0.3) is 0 Å². The lowest BCUT2D eigenvalue weighted by molar-refractivity contribution is 0.448. The third-order valence-corrected chi connectivity index (χ3v) is 2.99. The largest absolute Gasteiger partial charge is 0.373 e. The average Bonchev–Trinajstić information content (AvgIpc) is 2.44. The van der Waals surface area contributed by atoms with Crippen molar-refractivity contribution in [2.45, 2.75) is 19.8 Å². The molecule has 6 heteroatoms. The maximum atomic E-state index is 13.9. The van der Waals surface area contributed by atoms with Crippen LogP contribution in [0.1, 0.15) is 25.3 Å². The van der Waals surface area contributed by atoms with Crippen LogP contribution in [0.15, 0.2) is 18.5 Å². The summed E-state index contributed by atoms with van der Waals surface area (Å²) in [6, 6.07) is 2.07. The van der Waals surface area contributed by atoms with Crippen molar-refractivity contribution in [3.63, 3.8) is 0 Å². The van der Waals surface area contributed by atoms with Gasteiger partial charge in [-0.2, -0.15) is 0 Å². The van der Waals surface area contributed by atoms with Gasteiger partial charge in [-0.05, 0) is 18.1 Å². The molecule has 3 nitrogen and oxygen atoms in total. The summed E-state index contributed by atoms with van der Waals surface area (Å²) in [5.41, 5.74) is 0.835. The number of benzene rings is 1. The van der Waals surface area contributed by atoms with Gasteiger partial charge in [-0.3, -0.25) is 0 Å². The van der Waals surface area contributed by atoms with E-state index in [1.54, 1.807) is 7.05 Å². The summed E-state index contributed by atoms with van der Waals surface area (Å²) in [7, 11) is 1.68. The van der Waals surface area contributed by atoms with Crippen molar-refractivity contribution in [3.05, 3.63) is 41.5 Å². The van der Waals surface area contributed by atoms with Crippen molar-refractivity contribution >= 4 is 5.82 Å². The minimum Gasteiger partial charge on any atom is -0.373 e. The Morgan fingerprint density at radius 3 is 2.35 bits per heavy atom. The number of anilines is 1. The summed E-state index contributed by atoms with van der Waals surface area (Å²) >= 11 is 0. The highest BCUT2D eigenvalue weighted by Gasteiger charge is 2.21.